The molecule has 138 valence electrons. The molecule has 6 nitrogen and oxygen atoms in total. The maximum Gasteiger partial charge on any atom is 0.225 e. The number of ether oxygens (including phenoxy) is 1. The number of methoxy groups -OCH3 is 1. The van der Waals surface area contributed by atoms with Crippen LogP contribution in [-0.4, -0.2) is 32.0 Å². The zero-order valence-corrected chi connectivity index (χ0v) is 15.2. The predicted molar refractivity (Wildman–Crippen MR) is 104 cm³/mol. The molecule has 0 aliphatic rings. The van der Waals surface area contributed by atoms with E-state index in [4.69, 9.17) is 4.74 Å². The molecule has 0 heterocycles. The average Bonchev–Trinajstić information content (AvgIpc) is 2.61. The molecule has 26 heavy (non-hydrogen) atoms. The topological polar surface area (TPSA) is 79.5 Å². The maximum absolute atomic E-state index is 12.0. The second-order valence-electron chi connectivity index (χ2n) is 5.91. The van der Waals surface area contributed by atoms with Crippen LogP contribution in [0.2, 0.25) is 0 Å². The molecular weight excluding hydrogens is 330 g/mol. The van der Waals surface area contributed by atoms with Gasteiger partial charge in [-0.1, -0.05) is 18.2 Å². The number of nitrogens with one attached hydrogen (secondary N) is 3. The van der Waals surface area contributed by atoms with E-state index in [0.29, 0.717) is 24.3 Å². The molecule has 0 fully saturated rings. The molecule has 0 aliphatic heterocycles. The van der Waals surface area contributed by atoms with Crippen molar-refractivity contribution in [3.8, 4) is 5.75 Å². The number of benzene rings is 2. The second-order valence-corrected chi connectivity index (χ2v) is 5.91. The molecule has 0 aromatic heterocycles. The molecule has 0 spiro atoms. The van der Waals surface area contributed by atoms with Crippen molar-refractivity contribution in [3.05, 3.63) is 54.1 Å². The number of rotatable bonds is 9. The third kappa shape index (κ3) is 6.94. The minimum atomic E-state index is -0.145. The van der Waals surface area contributed by atoms with E-state index >= 15 is 0 Å². The summed E-state index contributed by atoms with van der Waals surface area (Å²) in [5.41, 5.74) is 2.51. The van der Waals surface area contributed by atoms with Gasteiger partial charge < -0.3 is 20.7 Å². The van der Waals surface area contributed by atoms with Gasteiger partial charge in [0.1, 0.15) is 5.75 Å². The highest BCUT2D eigenvalue weighted by Crippen LogP contribution is 2.15. The first-order valence-corrected chi connectivity index (χ1v) is 8.58. The van der Waals surface area contributed by atoms with E-state index in [9.17, 15) is 9.59 Å². The molecule has 0 bridgehead atoms. The van der Waals surface area contributed by atoms with Crippen molar-refractivity contribution in [2.24, 2.45) is 0 Å². The van der Waals surface area contributed by atoms with Crippen molar-refractivity contribution in [2.45, 2.75) is 19.8 Å². The molecular formula is C20H25N3O3. The van der Waals surface area contributed by atoms with E-state index in [0.717, 1.165) is 18.7 Å². The Balaban J connectivity index is 1.68. The minimum absolute atomic E-state index is 0.0705. The zero-order chi connectivity index (χ0) is 18.8. The number of amides is 2. The van der Waals surface area contributed by atoms with Crippen LogP contribution >= 0.6 is 0 Å². The number of carbonyl (C=O) groups excluding carboxylic acids is 2. The Hall–Kier alpha value is -2.86. The molecule has 0 saturated heterocycles. The van der Waals surface area contributed by atoms with Gasteiger partial charge in [-0.15, -0.1) is 0 Å². The fraction of sp³-hybridized carbons (Fsp3) is 0.300. The van der Waals surface area contributed by atoms with E-state index < -0.39 is 0 Å². The van der Waals surface area contributed by atoms with Gasteiger partial charge in [0.15, 0.2) is 0 Å². The Morgan fingerprint density at radius 2 is 1.69 bits per heavy atom. The summed E-state index contributed by atoms with van der Waals surface area (Å²) in [6.07, 6.45) is 1.25. The lowest BCUT2D eigenvalue weighted by molar-refractivity contribution is -0.116. The standard InChI is InChI=1S/C20H25N3O3/c1-15(24)22-17-6-4-7-18(14-17)23-20(25)10-12-21-11-9-16-5-3-8-19(13-16)26-2/h3-8,13-14,21H,9-12H2,1-2H3,(H,22,24)(H,23,25). The largest absolute Gasteiger partial charge is 0.497 e. The Morgan fingerprint density at radius 3 is 2.42 bits per heavy atom. The molecule has 0 radical (unpaired) electrons. The van der Waals surface area contributed by atoms with Crippen LogP contribution in [0.15, 0.2) is 48.5 Å². The Labute approximate surface area is 153 Å². The first-order valence-electron chi connectivity index (χ1n) is 8.58. The van der Waals surface area contributed by atoms with Crippen molar-refractivity contribution in [1.82, 2.24) is 5.32 Å². The zero-order valence-electron chi connectivity index (χ0n) is 15.2. The summed E-state index contributed by atoms with van der Waals surface area (Å²) in [5, 5.41) is 8.79. The summed E-state index contributed by atoms with van der Waals surface area (Å²) in [7, 11) is 1.65. The van der Waals surface area contributed by atoms with Gasteiger partial charge in [0.05, 0.1) is 7.11 Å². The van der Waals surface area contributed by atoms with Crippen molar-refractivity contribution in [1.29, 1.82) is 0 Å². The molecule has 0 aliphatic carbocycles. The van der Waals surface area contributed by atoms with Crippen molar-refractivity contribution in [3.63, 3.8) is 0 Å². The van der Waals surface area contributed by atoms with Crippen molar-refractivity contribution < 1.29 is 14.3 Å². The lowest BCUT2D eigenvalue weighted by atomic mass is 10.1. The van der Waals surface area contributed by atoms with Gasteiger partial charge >= 0.3 is 0 Å². The van der Waals surface area contributed by atoms with Crippen LogP contribution < -0.4 is 20.7 Å². The van der Waals surface area contributed by atoms with E-state index in [1.807, 2.05) is 18.2 Å². The monoisotopic (exact) mass is 355 g/mol. The van der Waals surface area contributed by atoms with Crippen LogP contribution in [0.3, 0.4) is 0 Å². The summed E-state index contributed by atoms with van der Waals surface area (Å²) in [6.45, 7) is 2.84. The summed E-state index contributed by atoms with van der Waals surface area (Å²) < 4.78 is 5.20. The van der Waals surface area contributed by atoms with Gasteiger partial charge in [-0.05, 0) is 48.9 Å². The lowest BCUT2D eigenvalue weighted by Gasteiger charge is -2.09. The smallest absolute Gasteiger partial charge is 0.225 e. The van der Waals surface area contributed by atoms with Gasteiger partial charge in [-0.3, -0.25) is 9.59 Å². The normalized spacial score (nSPS) is 10.2. The fourth-order valence-corrected chi connectivity index (χ4v) is 2.49. The van der Waals surface area contributed by atoms with Crippen molar-refractivity contribution in [2.75, 3.05) is 30.8 Å². The number of hydrogen-bond donors (Lipinski definition) is 3. The van der Waals surface area contributed by atoms with Crippen LogP contribution in [0.4, 0.5) is 11.4 Å². The van der Waals surface area contributed by atoms with Gasteiger partial charge in [0.2, 0.25) is 11.8 Å². The SMILES string of the molecule is COc1cccc(CCNCCC(=O)Nc2cccc(NC(C)=O)c2)c1. The highest BCUT2D eigenvalue weighted by Gasteiger charge is 2.04. The molecule has 3 N–H and O–H groups in total. The highest BCUT2D eigenvalue weighted by atomic mass is 16.5. The van der Waals surface area contributed by atoms with Crippen LogP contribution in [0.5, 0.6) is 5.75 Å². The molecule has 0 atom stereocenters. The number of anilines is 2. The Morgan fingerprint density at radius 1 is 0.962 bits per heavy atom. The molecule has 0 unspecified atom stereocenters. The average molecular weight is 355 g/mol. The van der Waals surface area contributed by atoms with E-state index in [-0.39, 0.29) is 11.8 Å². The van der Waals surface area contributed by atoms with E-state index in [1.54, 1.807) is 31.4 Å². The summed E-state index contributed by atoms with van der Waals surface area (Å²) in [4.78, 5) is 23.1. The van der Waals surface area contributed by atoms with Crippen molar-refractivity contribution >= 4 is 23.2 Å². The van der Waals surface area contributed by atoms with Gasteiger partial charge in [0, 0.05) is 31.3 Å². The predicted octanol–water partition coefficient (Wildman–Crippen LogP) is 2.81. The van der Waals surface area contributed by atoms with Crippen LogP contribution in [0.1, 0.15) is 18.9 Å². The molecule has 2 aromatic rings. The lowest BCUT2D eigenvalue weighted by Crippen LogP contribution is -2.23. The maximum atomic E-state index is 12.0. The molecule has 0 saturated carbocycles. The number of hydrogen-bond acceptors (Lipinski definition) is 4. The third-order valence-electron chi connectivity index (χ3n) is 3.72. The summed E-state index contributed by atoms with van der Waals surface area (Å²) in [6, 6.07) is 15.0. The van der Waals surface area contributed by atoms with Crippen LogP contribution in [-0.2, 0) is 16.0 Å². The van der Waals surface area contributed by atoms with Gasteiger partial charge in [0.25, 0.3) is 0 Å². The van der Waals surface area contributed by atoms with Gasteiger partial charge in [-0.2, -0.15) is 0 Å². The molecule has 2 rings (SSSR count). The van der Waals surface area contributed by atoms with E-state index in [2.05, 4.69) is 22.0 Å². The molecule has 6 heteroatoms. The molecule has 2 aromatic carbocycles. The van der Waals surface area contributed by atoms with E-state index in [1.165, 1.54) is 12.5 Å². The van der Waals surface area contributed by atoms with Gasteiger partial charge in [-0.25, -0.2) is 0 Å². The third-order valence-corrected chi connectivity index (χ3v) is 3.72. The fourth-order valence-electron chi connectivity index (χ4n) is 2.49. The van der Waals surface area contributed by atoms with Crippen LogP contribution in [0.25, 0.3) is 0 Å². The first-order chi connectivity index (χ1) is 12.6. The van der Waals surface area contributed by atoms with Crippen LogP contribution in [0, 0.1) is 0 Å². The second kappa shape index (κ2) is 10.2. The molecule has 2 amide bonds. The Kier molecular flexibility index (Phi) is 7.64. The summed E-state index contributed by atoms with van der Waals surface area (Å²) >= 11 is 0. The minimum Gasteiger partial charge on any atom is -0.497 e. The summed E-state index contributed by atoms with van der Waals surface area (Å²) in [5.74, 6) is 0.635. The Bertz CT molecular complexity index is 747. The first kappa shape index (κ1) is 19.5. The highest BCUT2D eigenvalue weighted by molar-refractivity contribution is 5.93. The number of carbonyl (C=O) groups is 2. The quantitative estimate of drug-likeness (QED) is 0.604.